The van der Waals surface area contributed by atoms with Gasteiger partial charge < -0.3 is 15.5 Å². The Morgan fingerprint density at radius 3 is 2.33 bits per heavy atom. The Hall–Kier alpha value is -3.68. The number of nitrogens with zero attached hydrogens (tertiary/aromatic N) is 5. The van der Waals surface area contributed by atoms with Gasteiger partial charge in [0.2, 0.25) is 0 Å². The third-order valence-corrected chi connectivity index (χ3v) is 4.45. The smallest absolute Gasteiger partial charge is 0.253 e. The number of nitrogens with one attached hydrogen (secondary N) is 2. The van der Waals surface area contributed by atoms with E-state index in [0.717, 1.165) is 29.3 Å². The molecule has 3 rings (SSSR count). The lowest BCUT2D eigenvalue weighted by Gasteiger charge is -2.13. The maximum absolute atomic E-state index is 12.0. The van der Waals surface area contributed by atoms with Crippen molar-refractivity contribution < 1.29 is 4.79 Å². The second-order valence-electron chi connectivity index (χ2n) is 6.95. The predicted molar refractivity (Wildman–Crippen MR) is 117 cm³/mol. The van der Waals surface area contributed by atoms with E-state index < -0.39 is 0 Å². The first-order chi connectivity index (χ1) is 14.6. The van der Waals surface area contributed by atoms with E-state index in [0.29, 0.717) is 18.7 Å². The molecular formula is C22H27N7O. The molecule has 8 heteroatoms. The Kier molecular flexibility index (Phi) is 7.15. The number of hydrogen-bond donors (Lipinski definition) is 2. The summed E-state index contributed by atoms with van der Waals surface area (Å²) in [5.74, 6) is 0.741. The number of aliphatic imine (C=N–C) groups is 1. The summed E-state index contributed by atoms with van der Waals surface area (Å²) < 4.78 is 1.72. The number of benzene rings is 2. The van der Waals surface area contributed by atoms with E-state index in [-0.39, 0.29) is 5.91 Å². The Labute approximate surface area is 176 Å². The van der Waals surface area contributed by atoms with Crippen molar-refractivity contribution in [2.45, 2.75) is 20.0 Å². The van der Waals surface area contributed by atoms with Gasteiger partial charge in [0, 0.05) is 32.7 Å². The predicted octanol–water partition coefficient (Wildman–Crippen LogP) is 2.22. The van der Waals surface area contributed by atoms with Gasteiger partial charge in [-0.2, -0.15) is 5.10 Å². The van der Waals surface area contributed by atoms with Crippen LogP contribution in [-0.4, -0.2) is 52.2 Å². The summed E-state index contributed by atoms with van der Waals surface area (Å²) in [6, 6.07) is 15.7. The first-order valence-corrected chi connectivity index (χ1v) is 9.83. The molecule has 2 aromatic carbocycles. The summed E-state index contributed by atoms with van der Waals surface area (Å²) in [7, 11) is 3.50. The topological polar surface area (TPSA) is 87.4 Å². The highest BCUT2D eigenvalue weighted by Crippen LogP contribution is 2.09. The number of amides is 1. The van der Waals surface area contributed by atoms with Crippen LogP contribution in [0.5, 0.6) is 0 Å². The van der Waals surface area contributed by atoms with Gasteiger partial charge in [0.25, 0.3) is 5.91 Å². The van der Waals surface area contributed by atoms with E-state index >= 15 is 0 Å². The van der Waals surface area contributed by atoms with Gasteiger partial charge in [-0.15, -0.1) is 0 Å². The van der Waals surface area contributed by atoms with Gasteiger partial charge in [0.15, 0.2) is 5.96 Å². The second-order valence-corrected chi connectivity index (χ2v) is 6.95. The molecule has 1 heterocycles. The molecule has 0 radical (unpaired) electrons. The van der Waals surface area contributed by atoms with Crippen molar-refractivity contribution in [2.75, 3.05) is 20.6 Å². The standard InChI is InChI=1S/C22H27N7O/c1-4-24-22(25-13-17-5-9-19(10-6-17)21(30)28(2)3)26-14-18-7-11-20(12-8-18)29-16-23-15-27-29/h5-12,15-16H,4,13-14H2,1-3H3,(H2,24,25,26). The SMILES string of the molecule is CCNC(=NCc1ccc(-n2cncn2)cc1)NCc1ccc(C(=O)N(C)C)cc1. The quantitative estimate of drug-likeness (QED) is 0.465. The van der Waals surface area contributed by atoms with Gasteiger partial charge in [0.05, 0.1) is 12.2 Å². The van der Waals surface area contributed by atoms with Gasteiger partial charge >= 0.3 is 0 Å². The van der Waals surface area contributed by atoms with E-state index in [4.69, 9.17) is 0 Å². The van der Waals surface area contributed by atoms with Gasteiger partial charge in [-0.25, -0.2) is 14.7 Å². The fourth-order valence-electron chi connectivity index (χ4n) is 2.82. The average molecular weight is 406 g/mol. The molecule has 0 saturated carbocycles. The zero-order chi connectivity index (χ0) is 21.3. The second kappa shape index (κ2) is 10.2. The van der Waals surface area contributed by atoms with Crippen LogP contribution >= 0.6 is 0 Å². The van der Waals surface area contributed by atoms with Crippen molar-refractivity contribution in [3.63, 3.8) is 0 Å². The summed E-state index contributed by atoms with van der Waals surface area (Å²) in [5.41, 5.74) is 3.82. The Balaban J connectivity index is 1.58. The molecule has 0 aliphatic carbocycles. The molecule has 1 amide bonds. The van der Waals surface area contributed by atoms with E-state index in [9.17, 15) is 4.79 Å². The molecule has 0 fully saturated rings. The van der Waals surface area contributed by atoms with Crippen LogP contribution in [0.3, 0.4) is 0 Å². The van der Waals surface area contributed by atoms with Crippen LogP contribution < -0.4 is 10.6 Å². The molecule has 8 nitrogen and oxygen atoms in total. The van der Waals surface area contributed by atoms with Crippen LogP contribution in [-0.2, 0) is 13.1 Å². The summed E-state index contributed by atoms with van der Waals surface area (Å²) in [5, 5.41) is 10.7. The first-order valence-electron chi connectivity index (χ1n) is 9.83. The van der Waals surface area contributed by atoms with Crippen molar-refractivity contribution in [1.29, 1.82) is 0 Å². The van der Waals surface area contributed by atoms with Crippen LogP contribution in [0.25, 0.3) is 5.69 Å². The highest BCUT2D eigenvalue weighted by Gasteiger charge is 2.07. The molecular weight excluding hydrogens is 378 g/mol. The fourth-order valence-corrected chi connectivity index (χ4v) is 2.82. The van der Waals surface area contributed by atoms with Gasteiger partial charge in [0.1, 0.15) is 12.7 Å². The number of rotatable bonds is 7. The van der Waals surface area contributed by atoms with Crippen LogP contribution in [0.4, 0.5) is 0 Å². The van der Waals surface area contributed by atoms with Gasteiger partial charge in [-0.1, -0.05) is 24.3 Å². The first kappa shape index (κ1) is 21.0. The number of aromatic nitrogens is 3. The lowest BCUT2D eigenvalue weighted by molar-refractivity contribution is 0.0827. The van der Waals surface area contributed by atoms with Crippen LogP contribution in [0.15, 0.2) is 66.2 Å². The minimum atomic E-state index is -0.000696. The Bertz CT molecular complexity index is 962. The monoisotopic (exact) mass is 405 g/mol. The highest BCUT2D eigenvalue weighted by molar-refractivity contribution is 5.93. The molecule has 156 valence electrons. The van der Waals surface area contributed by atoms with Gasteiger partial charge in [-0.3, -0.25) is 4.79 Å². The minimum Gasteiger partial charge on any atom is -0.357 e. The van der Waals surface area contributed by atoms with Crippen molar-refractivity contribution in [1.82, 2.24) is 30.3 Å². The van der Waals surface area contributed by atoms with E-state index in [2.05, 4.69) is 25.7 Å². The third kappa shape index (κ3) is 5.66. The van der Waals surface area contributed by atoms with E-state index in [1.54, 1.807) is 30.0 Å². The minimum absolute atomic E-state index is 0.000696. The summed E-state index contributed by atoms with van der Waals surface area (Å²) in [4.78, 5) is 22.2. The maximum atomic E-state index is 12.0. The lowest BCUT2D eigenvalue weighted by Crippen LogP contribution is -2.36. The Morgan fingerprint density at radius 2 is 1.73 bits per heavy atom. The van der Waals surface area contributed by atoms with Crippen molar-refractivity contribution in [3.05, 3.63) is 77.9 Å². The zero-order valence-corrected chi connectivity index (χ0v) is 17.5. The van der Waals surface area contributed by atoms with Crippen molar-refractivity contribution in [2.24, 2.45) is 4.99 Å². The average Bonchev–Trinajstić information content (AvgIpc) is 3.31. The molecule has 2 N–H and O–H groups in total. The highest BCUT2D eigenvalue weighted by atomic mass is 16.2. The molecule has 0 bridgehead atoms. The fraction of sp³-hybridized carbons (Fsp3) is 0.273. The number of carbonyl (C=O) groups is 1. The lowest BCUT2D eigenvalue weighted by atomic mass is 10.1. The van der Waals surface area contributed by atoms with E-state index in [1.807, 2.05) is 55.5 Å². The summed E-state index contributed by atoms with van der Waals surface area (Å²) in [6.07, 6.45) is 3.18. The largest absolute Gasteiger partial charge is 0.357 e. The van der Waals surface area contributed by atoms with Crippen molar-refractivity contribution in [3.8, 4) is 5.69 Å². The summed E-state index contributed by atoms with van der Waals surface area (Å²) >= 11 is 0. The van der Waals surface area contributed by atoms with Crippen LogP contribution in [0.1, 0.15) is 28.4 Å². The molecule has 30 heavy (non-hydrogen) atoms. The molecule has 0 aliphatic heterocycles. The molecule has 1 aromatic heterocycles. The van der Waals surface area contributed by atoms with Crippen LogP contribution in [0.2, 0.25) is 0 Å². The molecule has 0 spiro atoms. The normalized spacial score (nSPS) is 11.2. The molecule has 0 aliphatic rings. The number of guanidine groups is 1. The maximum Gasteiger partial charge on any atom is 0.253 e. The Morgan fingerprint density at radius 1 is 1.03 bits per heavy atom. The molecule has 0 atom stereocenters. The molecule has 0 unspecified atom stereocenters. The molecule has 0 saturated heterocycles. The summed E-state index contributed by atoms with van der Waals surface area (Å²) in [6.45, 7) is 3.98. The van der Waals surface area contributed by atoms with Crippen molar-refractivity contribution >= 4 is 11.9 Å². The van der Waals surface area contributed by atoms with Crippen LogP contribution in [0, 0.1) is 0 Å². The number of carbonyl (C=O) groups excluding carboxylic acids is 1. The number of hydrogen-bond acceptors (Lipinski definition) is 4. The van der Waals surface area contributed by atoms with E-state index in [1.165, 1.54) is 6.33 Å². The third-order valence-electron chi connectivity index (χ3n) is 4.45. The van der Waals surface area contributed by atoms with Gasteiger partial charge in [-0.05, 0) is 42.3 Å². The zero-order valence-electron chi connectivity index (χ0n) is 17.5. The molecule has 3 aromatic rings.